The minimum absolute atomic E-state index is 0.0826. The van der Waals surface area contributed by atoms with E-state index < -0.39 is 0 Å². The first-order valence-electron chi connectivity index (χ1n) is 12.5. The summed E-state index contributed by atoms with van der Waals surface area (Å²) in [5.74, 6) is 3.15. The zero-order valence-electron chi connectivity index (χ0n) is 21.5. The third kappa shape index (κ3) is 6.75. The summed E-state index contributed by atoms with van der Waals surface area (Å²) in [6.45, 7) is 7.31. The summed E-state index contributed by atoms with van der Waals surface area (Å²) in [7, 11) is 0. The minimum atomic E-state index is -0.362. The number of furan rings is 1. The van der Waals surface area contributed by atoms with Crippen molar-refractivity contribution >= 4 is 17.6 Å². The number of amides is 3. The highest BCUT2D eigenvalue weighted by Crippen LogP contribution is 2.33. The molecule has 0 atom stereocenters. The topological polar surface area (TPSA) is 93.5 Å². The summed E-state index contributed by atoms with van der Waals surface area (Å²) in [4.78, 5) is 30.0. The van der Waals surface area contributed by atoms with Crippen LogP contribution in [0.2, 0.25) is 0 Å². The van der Waals surface area contributed by atoms with Gasteiger partial charge in [0.15, 0.2) is 11.5 Å². The van der Waals surface area contributed by atoms with E-state index in [4.69, 9.17) is 18.6 Å². The molecule has 0 spiro atoms. The molecule has 0 aliphatic carbocycles. The van der Waals surface area contributed by atoms with E-state index >= 15 is 0 Å². The van der Waals surface area contributed by atoms with Crippen LogP contribution in [0.4, 0.5) is 10.5 Å². The second kappa shape index (κ2) is 12.2. The van der Waals surface area contributed by atoms with Crippen molar-refractivity contribution < 1.29 is 28.2 Å². The zero-order valence-corrected chi connectivity index (χ0v) is 21.5. The average Bonchev–Trinajstić information content (AvgIpc) is 3.52. The molecule has 3 amide bonds. The Morgan fingerprint density at radius 2 is 1.78 bits per heavy atom. The molecule has 37 heavy (non-hydrogen) atoms. The summed E-state index contributed by atoms with van der Waals surface area (Å²) in [5.41, 5.74) is 1.45. The van der Waals surface area contributed by atoms with Crippen LogP contribution in [0.15, 0.2) is 59.0 Å². The van der Waals surface area contributed by atoms with Crippen molar-refractivity contribution in [3.05, 3.63) is 71.7 Å². The Morgan fingerprint density at radius 1 is 0.973 bits per heavy atom. The Labute approximate surface area is 216 Å². The van der Waals surface area contributed by atoms with Gasteiger partial charge in [-0.1, -0.05) is 25.1 Å². The number of hydrogen-bond acceptors (Lipinski definition) is 6. The standard InChI is InChI=1S/C28H33N3O6/c1-4-14-30(28(33)29-23-8-6-7-9-24(23)34-5-2)18-27(32)31(17-22-12-10-20(3)37-22)16-21-11-13-25-26(15-21)36-19-35-25/h6-13,15H,4-5,14,16-19H2,1-3H3,(H,29,33). The van der Waals surface area contributed by atoms with Gasteiger partial charge in [-0.2, -0.15) is 0 Å². The molecule has 1 aliphatic heterocycles. The van der Waals surface area contributed by atoms with Crippen LogP contribution in [0.3, 0.4) is 0 Å². The molecule has 2 heterocycles. The number of hydrogen-bond donors (Lipinski definition) is 1. The van der Waals surface area contributed by atoms with Crippen LogP contribution < -0.4 is 19.5 Å². The fourth-order valence-electron chi connectivity index (χ4n) is 4.08. The molecule has 0 saturated heterocycles. The lowest BCUT2D eigenvalue weighted by Crippen LogP contribution is -2.44. The van der Waals surface area contributed by atoms with Crippen LogP contribution in [-0.2, 0) is 17.9 Å². The second-order valence-corrected chi connectivity index (χ2v) is 8.73. The largest absolute Gasteiger partial charge is 0.492 e. The number of para-hydroxylation sites is 2. The van der Waals surface area contributed by atoms with Gasteiger partial charge < -0.3 is 33.7 Å². The first-order valence-corrected chi connectivity index (χ1v) is 12.5. The molecule has 1 aliphatic rings. The average molecular weight is 508 g/mol. The van der Waals surface area contributed by atoms with E-state index in [-0.39, 0.29) is 31.8 Å². The van der Waals surface area contributed by atoms with E-state index in [1.807, 2.05) is 63.2 Å². The number of fused-ring (bicyclic) bond motifs is 1. The maximum atomic E-state index is 13.6. The SMILES string of the molecule is CCCN(CC(=O)N(Cc1ccc2c(c1)OCO2)Cc1ccc(C)o1)C(=O)Nc1ccccc1OCC. The number of rotatable bonds is 11. The lowest BCUT2D eigenvalue weighted by molar-refractivity contribution is -0.133. The van der Waals surface area contributed by atoms with Crippen LogP contribution >= 0.6 is 0 Å². The Morgan fingerprint density at radius 3 is 2.54 bits per heavy atom. The van der Waals surface area contributed by atoms with Gasteiger partial charge in [-0.3, -0.25) is 4.79 Å². The van der Waals surface area contributed by atoms with Gasteiger partial charge >= 0.3 is 6.03 Å². The fourth-order valence-corrected chi connectivity index (χ4v) is 4.08. The highest BCUT2D eigenvalue weighted by Gasteiger charge is 2.24. The van der Waals surface area contributed by atoms with Gasteiger partial charge in [-0.15, -0.1) is 0 Å². The summed E-state index contributed by atoms with van der Waals surface area (Å²) in [6.07, 6.45) is 0.702. The molecule has 9 nitrogen and oxygen atoms in total. The van der Waals surface area contributed by atoms with Crippen molar-refractivity contribution in [1.82, 2.24) is 9.80 Å². The predicted molar refractivity (Wildman–Crippen MR) is 139 cm³/mol. The van der Waals surface area contributed by atoms with Crippen LogP contribution in [0.1, 0.15) is 37.4 Å². The van der Waals surface area contributed by atoms with E-state index in [1.54, 1.807) is 17.0 Å². The number of benzene rings is 2. The Kier molecular flexibility index (Phi) is 8.56. The first kappa shape index (κ1) is 25.9. The molecular weight excluding hydrogens is 474 g/mol. The van der Waals surface area contributed by atoms with Crippen LogP contribution in [-0.4, -0.2) is 48.2 Å². The van der Waals surface area contributed by atoms with E-state index in [2.05, 4.69) is 5.32 Å². The van der Waals surface area contributed by atoms with Gasteiger partial charge in [0.1, 0.15) is 23.8 Å². The molecule has 4 rings (SSSR count). The third-order valence-corrected chi connectivity index (χ3v) is 5.84. The van der Waals surface area contributed by atoms with Crippen LogP contribution in [0.5, 0.6) is 17.2 Å². The van der Waals surface area contributed by atoms with Crippen molar-refractivity contribution in [1.29, 1.82) is 0 Å². The van der Waals surface area contributed by atoms with E-state index in [0.29, 0.717) is 54.8 Å². The monoisotopic (exact) mass is 507 g/mol. The van der Waals surface area contributed by atoms with Crippen LogP contribution in [0, 0.1) is 6.92 Å². The number of anilines is 1. The number of carbonyl (C=O) groups is 2. The first-order chi connectivity index (χ1) is 18.0. The van der Waals surface area contributed by atoms with Gasteiger partial charge in [0.05, 0.1) is 18.8 Å². The number of nitrogens with one attached hydrogen (secondary N) is 1. The molecule has 0 unspecified atom stereocenters. The van der Waals surface area contributed by atoms with Crippen molar-refractivity contribution in [3.63, 3.8) is 0 Å². The molecule has 9 heteroatoms. The summed E-state index contributed by atoms with van der Waals surface area (Å²) >= 11 is 0. The van der Waals surface area contributed by atoms with E-state index in [1.165, 1.54) is 4.90 Å². The van der Waals surface area contributed by atoms with Crippen LogP contribution in [0.25, 0.3) is 0 Å². The third-order valence-electron chi connectivity index (χ3n) is 5.84. The second-order valence-electron chi connectivity index (χ2n) is 8.73. The maximum Gasteiger partial charge on any atom is 0.322 e. The van der Waals surface area contributed by atoms with Crippen molar-refractivity contribution in [2.75, 3.05) is 31.8 Å². The molecule has 2 aromatic carbocycles. The zero-order chi connectivity index (χ0) is 26.2. The van der Waals surface area contributed by atoms with Gasteiger partial charge in [0, 0.05) is 13.1 Å². The summed E-state index contributed by atoms with van der Waals surface area (Å²) in [5, 5.41) is 2.90. The predicted octanol–water partition coefficient (Wildman–Crippen LogP) is 5.19. The molecular formula is C28H33N3O6. The van der Waals surface area contributed by atoms with E-state index in [0.717, 1.165) is 11.3 Å². The summed E-state index contributed by atoms with van der Waals surface area (Å²) in [6, 6.07) is 16.2. The highest BCUT2D eigenvalue weighted by molar-refractivity contribution is 5.93. The Bertz CT molecular complexity index is 1220. The number of ether oxygens (including phenoxy) is 3. The summed E-state index contributed by atoms with van der Waals surface area (Å²) < 4.78 is 22.3. The van der Waals surface area contributed by atoms with Crippen molar-refractivity contribution in [2.24, 2.45) is 0 Å². The number of carbonyl (C=O) groups excluding carboxylic acids is 2. The van der Waals surface area contributed by atoms with Gasteiger partial charge in [0.25, 0.3) is 0 Å². The molecule has 1 N–H and O–H groups in total. The van der Waals surface area contributed by atoms with Crippen molar-refractivity contribution in [3.8, 4) is 17.2 Å². The molecule has 3 aromatic rings. The molecule has 0 fully saturated rings. The molecule has 1 aromatic heterocycles. The Balaban J connectivity index is 1.50. The fraction of sp³-hybridized carbons (Fsp3) is 0.357. The molecule has 0 bridgehead atoms. The maximum absolute atomic E-state index is 13.6. The molecule has 0 radical (unpaired) electrons. The lowest BCUT2D eigenvalue weighted by Gasteiger charge is -2.27. The molecule has 0 saturated carbocycles. The minimum Gasteiger partial charge on any atom is -0.492 e. The van der Waals surface area contributed by atoms with E-state index in [9.17, 15) is 9.59 Å². The number of urea groups is 1. The molecule has 196 valence electrons. The normalized spacial score (nSPS) is 11.8. The van der Waals surface area contributed by atoms with Gasteiger partial charge in [-0.05, 0) is 62.2 Å². The van der Waals surface area contributed by atoms with Crippen molar-refractivity contribution in [2.45, 2.75) is 40.3 Å². The smallest absolute Gasteiger partial charge is 0.322 e. The number of nitrogens with zero attached hydrogens (tertiary/aromatic N) is 2. The number of aryl methyl sites for hydroxylation is 1. The van der Waals surface area contributed by atoms with Gasteiger partial charge in [0.2, 0.25) is 12.7 Å². The lowest BCUT2D eigenvalue weighted by atomic mass is 10.2. The highest BCUT2D eigenvalue weighted by atomic mass is 16.7. The van der Waals surface area contributed by atoms with Gasteiger partial charge in [-0.25, -0.2) is 4.79 Å². The quantitative estimate of drug-likeness (QED) is 0.384. The Hall–Kier alpha value is -4.14.